The van der Waals surface area contributed by atoms with E-state index in [9.17, 15) is 0 Å². The van der Waals surface area contributed by atoms with Gasteiger partial charge >= 0.3 is 0 Å². The number of unbranched alkanes of at least 4 members (excludes halogenated alkanes) is 1. The molecule has 0 saturated carbocycles. The molecule has 0 aromatic carbocycles. The molecule has 0 N–H and O–H groups in total. The van der Waals surface area contributed by atoms with Gasteiger partial charge in [-0.05, 0) is 32.9 Å². The van der Waals surface area contributed by atoms with Crippen LogP contribution in [0.3, 0.4) is 0 Å². The van der Waals surface area contributed by atoms with E-state index in [1.165, 1.54) is 12.8 Å². The van der Waals surface area contributed by atoms with Gasteiger partial charge < -0.3 is 14.4 Å². The van der Waals surface area contributed by atoms with Crippen molar-refractivity contribution in [2.24, 2.45) is 0 Å². The van der Waals surface area contributed by atoms with E-state index in [2.05, 4.69) is 27.6 Å². The second-order valence-electron chi connectivity index (χ2n) is 4.66. The van der Waals surface area contributed by atoms with Gasteiger partial charge in [-0.15, -0.1) is 8.75 Å². The summed E-state index contributed by atoms with van der Waals surface area (Å²) < 4.78 is 19.6. The fraction of sp³-hybridized carbons (Fsp3) is 0.833. The summed E-state index contributed by atoms with van der Waals surface area (Å²) in [6.45, 7) is 4.65. The van der Waals surface area contributed by atoms with Gasteiger partial charge in [0.2, 0.25) is 0 Å². The predicted molar refractivity (Wildman–Crippen MR) is 71.5 cm³/mol. The average molecular weight is 271 g/mol. The van der Waals surface area contributed by atoms with Crippen LogP contribution < -0.4 is 9.47 Å². The van der Waals surface area contributed by atoms with Crippen molar-refractivity contribution in [3.8, 4) is 11.8 Å². The topological polar surface area (TPSA) is 47.5 Å². The number of ether oxygens (including phenoxy) is 2. The first kappa shape index (κ1) is 13.5. The van der Waals surface area contributed by atoms with Crippen molar-refractivity contribution in [3.05, 3.63) is 0 Å². The van der Waals surface area contributed by atoms with Crippen molar-refractivity contribution in [1.82, 2.24) is 13.6 Å². The molecule has 6 heteroatoms. The summed E-state index contributed by atoms with van der Waals surface area (Å²) in [6.07, 6.45) is 4.59. The van der Waals surface area contributed by atoms with Crippen LogP contribution >= 0.6 is 11.7 Å². The molecule has 0 aliphatic carbocycles. The Balaban J connectivity index is 1.79. The Morgan fingerprint density at radius 3 is 2.78 bits per heavy atom. The van der Waals surface area contributed by atoms with Crippen LogP contribution in [0.2, 0.25) is 0 Å². The number of hydrogen-bond acceptors (Lipinski definition) is 6. The van der Waals surface area contributed by atoms with E-state index in [4.69, 9.17) is 9.47 Å². The van der Waals surface area contributed by atoms with Crippen LogP contribution in [0.5, 0.6) is 11.8 Å². The number of hydrogen-bond donors (Lipinski definition) is 0. The molecule has 0 unspecified atom stereocenters. The summed E-state index contributed by atoms with van der Waals surface area (Å²) >= 11 is 1.14. The highest BCUT2D eigenvalue weighted by atomic mass is 32.1. The highest BCUT2D eigenvalue weighted by Crippen LogP contribution is 2.25. The van der Waals surface area contributed by atoms with E-state index in [1.807, 2.05) is 0 Å². The molecule has 2 rings (SSSR count). The third-order valence-corrected chi connectivity index (χ3v) is 3.75. The van der Waals surface area contributed by atoms with Gasteiger partial charge in [-0.1, -0.05) is 13.3 Å². The largest absolute Gasteiger partial charge is 0.473 e. The Bertz CT molecular complexity index is 359. The molecule has 0 spiro atoms. The maximum atomic E-state index is 5.73. The first-order valence-electron chi connectivity index (χ1n) is 6.59. The Hall–Kier alpha value is -0.880. The van der Waals surface area contributed by atoms with Gasteiger partial charge in [0.05, 0.1) is 18.3 Å². The second kappa shape index (κ2) is 6.89. The Morgan fingerprint density at radius 1 is 1.33 bits per heavy atom. The molecule has 1 aliphatic rings. The molecule has 1 fully saturated rings. The van der Waals surface area contributed by atoms with E-state index in [0.717, 1.165) is 31.1 Å². The van der Waals surface area contributed by atoms with Crippen molar-refractivity contribution >= 4 is 11.7 Å². The molecule has 0 bridgehead atoms. The molecular weight excluding hydrogens is 250 g/mol. The molecule has 1 saturated heterocycles. The lowest BCUT2D eigenvalue weighted by atomic mass is 10.2. The Morgan fingerprint density at radius 2 is 2.11 bits per heavy atom. The van der Waals surface area contributed by atoms with E-state index in [-0.39, 0.29) is 0 Å². The highest BCUT2D eigenvalue weighted by molar-refractivity contribution is 6.99. The van der Waals surface area contributed by atoms with E-state index >= 15 is 0 Å². The van der Waals surface area contributed by atoms with Crippen LogP contribution in [0.25, 0.3) is 0 Å². The van der Waals surface area contributed by atoms with Gasteiger partial charge in [-0.3, -0.25) is 0 Å². The second-order valence-corrected chi connectivity index (χ2v) is 5.19. The number of aromatic nitrogens is 2. The lowest BCUT2D eigenvalue weighted by Crippen LogP contribution is -2.30. The molecule has 1 aromatic rings. The minimum atomic E-state index is 0.496. The molecule has 18 heavy (non-hydrogen) atoms. The molecule has 0 amide bonds. The molecule has 1 atom stereocenters. The van der Waals surface area contributed by atoms with E-state index in [0.29, 0.717) is 31.0 Å². The number of nitrogens with zero attached hydrogens (tertiary/aromatic N) is 3. The molecule has 1 aromatic heterocycles. The summed E-state index contributed by atoms with van der Waals surface area (Å²) in [5.74, 6) is 1.10. The summed E-state index contributed by atoms with van der Waals surface area (Å²) in [4.78, 5) is 2.33. The first-order valence-corrected chi connectivity index (χ1v) is 7.32. The predicted octanol–water partition coefficient (Wildman–Crippen LogP) is 2.19. The zero-order valence-corrected chi connectivity index (χ0v) is 11.9. The van der Waals surface area contributed by atoms with Gasteiger partial charge in [0.25, 0.3) is 11.8 Å². The number of likely N-dealkylation sites (tertiary alicyclic amines) is 1. The van der Waals surface area contributed by atoms with Gasteiger partial charge in [-0.25, -0.2) is 0 Å². The number of likely N-dealkylation sites (N-methyl/N-ethyl adjacent to an activating group) is 1. The first-order chi connectivity index (χ1) is 8.81. The number of rotatable bonds is 7. The smallest absolute Gasteiger partial charge is 0.291 e. The molecule has 102 valence electrons. The minimum Gasteiger partial charge on any atom is -0.473 e. The van der Waals surface area contributed by atoms with Crippen molar-refractivity contribution in [2.45, 2.75) is 38.6 Å². The minimum absolute atomic E-state index is 0.496. The van der Waals surface area contributed by atoms with Crippen LogP contribution in [-0.2, 0) is 0 Å². The molecule has 1 aliphatic heterocycles. The van der Waals surface area contributed by atoms with Gasteiger partial charge in [0.15, 0.2) is 0 Å². The lowest BCUT2D eigenvalue weighted by Gasteiger charge is -2.18. The van der Waals surface area contributed by atoms with Crippen molar-refractivity contribution in [1.29, 1.82) is 0 Å². The van der Waals surface area contributed by atoms with Gasteiger partial charge in [0.1, 0.15) is 6.61 Å². The Labute approximate surface area is 112 Å². The lowest BCUT2D eigenvalue weighted by molar-refractivity contribution is 0.184. The summed E-state index contributed by atoms with van der Waals surface area (Å²) in [5.41, 5.74) is 0. The standard InChI is InChI=1S/C12H21N3O2S/c1-3-4-8-16-11-12(14-18-13-11)17-9-10-6-5-7-15(10)2/h10H,3-9H2,1-2H3/t10-/m0/s1. The average Bonchev–Trinajstić information content (AvgIpc) is 2.96. The molecule has 2 heterocycles. The maximum Gasteiger partial charge on any atom is 0.291 e. The zero-order valence-electron chi connectivity index (χ0n) is 11.1. The summed E-state index contributed by atoms with van der Waals surface area (Å²) in [6, 6.07) is 0.496. The quantitative estimate of drug-likeness (QED) is 0.711. The van der Waals surface area contributed by atoms with Crippen LogP contribution in [-0.4, -0.2) is 46.5 Å². The van der Waals surface area contributed by atoms with Crippen LogP contribution in [0, 0.1) is 0 Å². The summed E-state index contributed by atoms with van der Waals surface area (Å²) in [7, 11) is 2.14. The van der Waals surface area contributed by atoms with Gasteiger partial charge in [-0.2, -0.15) is 0 Å². The Kier molecular flexibility index (Phi) is 5.19. The normalized spacial score (nSPS) is 20.2. The SMILES string of the molecule is CCCCOc1nsnc1OC[C@@H]1CCCN1C. The fourth-order valence-corrected chi connectivity index (χ4v) is 2.48. The van der Waals surface area contributed by atoms with Crippen molar-refractivity contribution in [3.63, 3.8) is 0 Å². The third kappa shape index (κ3) is 3.55. The molecule has 0 radical (unpaired) electrons. The van der Waals surface area contributed by atoms with E-state index in [1.54, 1.807) is 0 Å². The monoisotopic (exact) mass is 271 g/mol. The highest BCUT2D eigenvalue weighted by Gasteiger charge is 2.22. The zero-order chi connectivity index (χ0) is 12.8. The third-order valence-electron chi connectivity index (χ3n) is 3.25. The van der Waals surface area contributed by atoms with Gasteiger partial charge in [0, 0.05) is 6.04 Å². The van der Waals surface area contributed by atoms with Crippen LogP contribution in [0.4, 0.5) is 0 Å². The van der Waals surface area contributed by atoms with Crippen LogP contribution in [0.1, 0.15) is 32.6 Å². The maximum absolute atomic E-state index is 5.73. The van der Waals surface area contributed by atoms with E-state index < -0.39 is 0 Å². The van der Waals surface area contributed by atoms with Crippen molar-refractivity contribution < 1.29 is 9.47 Å². The fourth-order valence-electron chi connectivity index (χ4n) is 2.03. The molecular formula is C12H21N3O2S. The van der Waals surface area contributed by atoms with Crippen molar-refractivity contribution in [2.75, 3.05) is 26.8 Å². The van der Waals surface area contributed by atoms with Crippen LogP contribution in [0.15, 0.2) is 0 Å². The summed E-state index contributed by atoms with van der Waals surface area (Å²) in [5, 5.41) is 0. The molecule has 5 nitrogen and oxygen atoms in total.